The van der Waals surface area contributed by atoms with Gasteiger partial charge < -0.3 is 16.0 Å². The van der Waals surface area contributed by atoms with Crippen LogP contribution in [-0.4, -0.2) is 31.2 Å². The molecule has 1 aliphatic carbocycles. The molecule has 0 radical (unpaired) electrons. The van der Waals surface area contributed by atoms with Gasteiger partial charge in [-0.1, -0.05) is 0 Å². The Morgan fingerprint density at radius 1 is 1.33 bits per heavy atom. The standard InChI is InChI=1S/C11H21N3O/c1-8-2-3-9(6-12-8)7-13-11(15)14-10-4-5-10/h8-10,12H,2-7H2,1H3,(H2,13,14,15). The van der Waals surface area contributed by atoms with Crippen molar-refractivity contribution >= 4 is 6.03 Å². The van der Waals surface area contributed by atoms with Crippen molar-refractivity contribution in [2.75, 3.05) is 13.1 Å². The minimum atomic E-state index is 0.0103. The summed E-state index contributed by atoms with van der Waals surface area (Å²) in [5.74, 6) is 0.603. The molecule has 3 N–H and O–H groups in total. The van der Waals surface area contributed by atoms with Gasteiger partial charge in [-0.05, 0) is 45.1 Å². The third kappa shape index (κ3) is 3.70. The molecule has 1 saturated heterocycles. The van der Waals surface area contributed by atoms with Crippen LogP contribution in [0.3, 0.4) is 0 Å². The zero-order valence-corrected chi connectivity index (χ0v) is 9.38. The van der Waals surface area contributed by atoms with Crippen LogP contribution in [0.2, 0.25) is 0 Å². The van der Waals surface area contributed by atoms with Gasteiger partial charge in [0.2, 0.25) is 0 Å². The van der Waals surface area contributed by atoms with E-state index in [0.717, 1.165) is 25.9 Å². The first-order valence-corrected chi connectivity index (χ1v) is 6.02. The zero-order valence-electron chi connectivity index (χ0n) is 9.38. The third-order valence-electron chi connectivity index (χ3n) is 3.23. The van der Waals surface area contributed by atoms with E-state index in [4.69, 9.17) is 0 Å². The Morgan fingerprint density at radius 3 is 2.73 bits per heavy atom. The zero-order chi connectivity index (χ0) is 10.7. The van der Waals surface area contributed by atoms with Crippen LogP contribution < -0.4 is 16.0 Å². The third-order valence-corrected chi connectivity index (χ3v) is 3.23. The molecule has 2 fully saturated rings. The summed E-state index contributed by atoms with van der Waals surface area (Å²) in [5, 5.41) is 9.32. The normalized spacial score (nSPS) is 31.0. The SMILES string of the molecule is CC1CCC(CNC(=O)NC2CC2)CN1. The van der Waals surface area contributed by atoms with Gasteiger partial charge in [0.15, 0.2) is 0 Å². The molecule has 4 nitrogen and oxygen atoms in total. The van der Waals surface area contributed by atoms with Gasteiger partial charge in [-0.15, -0.1) is 0 Å². The van der Waals surface area contributed by atoms with E-state index in [0.29, 0.717) is 18.0 Å². The highest BCUT2D eigenvalue weighted by Gasteiger charge is 2.23. The van der Waals surface area contributed by atoms with Crippen LogP contribution in [0, 0.1) is 5.92 Å². The smallest absolute Gasteiger partial charge is 0.315 e. The van der Waals surface area contributed by atoms with Crippen LogP contribution in [0.1, 0.15) is 32.6 Å². The van der Waals surface area contributed by atoms with Crippen molar-refractivity contribution in [3.8, 4) is 0 Å². The van der Waals surface area contributed by atoms with Crippen LogP contribution in [-0.2, 0) is 0 Å². The lowest BCUT2D eigenvalue weighted by atomic mass is 9.95. The largest absolute Gasteiger partial charge is 0.338 e. The predicted molar refractivity (Wildman–Crippen MR) is 59.7 cm³/mol. The summed E-state index contributed by atoms with van der Waals surface area (Å²) in [6.07, 6.45) is 4.74. The molecule has 0 bridgehead atoms. The van der Waals surface area contributed by atoms with Gasteiger partial charge in [0, 0.05) is 18.6 Å². The molecule has 0 aromatic carbocycles. The summed E-state index contributed by atoms with van der Waals surface area (Å²) in [6, 6.07) is 1.10. The summed E-state index contributed by atoms with van der Waals surface area (Å²) in [6.45, 7) is 4.05. The Hall–Kier alpha value is -0.770. The number of hydrogen-bond donors (Lipinski definition) is 3. The van der Waals surface area contributed by atoms with Crippen LogP contribution >= 0.6 is 0 Å². The first kappa shape index (κ1) is 10.7. The molecular formula is C11H21N3O. The van der Waals surface area contributed by atoms with Gasteiger partial charge in [-0.3, -0.25) is 0 Å². The fourth-order valence-electron chi connectivity index (χ4n) is 1.93. The molecular weight excluding hydrogens is 190 g/mol. The van der Waals surface area contributed by atoms with Gasteiger partial charge in [0.25, 0.3) is 0 Å². The molecule has 2 atom stereocenters. The second-order valence-corrected chi connectivity index (χ2v) is 4.88. The Morgan fingerprint density at radius 2 is 2.13 bits per heavy atom. The van der Waals surface area contributed by atoms with Crippen LogP contribution in [0.4, 0.5) is 4.79 Å². The van der Waals surface area contributed by atoms with Gasteiger partial charge in [-0.25, -0.2) is 4.79 Å². The molecule has 2 unspecified atom stereocenters. The quantitative estimate of drug-likeness (QED) is 0.648. The molecule has 4 heteroatoms. The van der Waals surface area contributed by atoms with E-state index < -0.39 is 0 Å². The van der Waals surface area contributed by atoms with Gasteiger partial charge in [0.1, 0.15) is 0 Å². The molecule has 1 heterocycles. The molecule has 0 aromatic rings. The lowest BCUT2D eigenvalue weighted by molar-refractivity contribution is 0.235. The summed E-state index contributed by atoms with van der Waals surface area (Å²) >= 11 is 0. The second kappa shape index (κ2) is 4.84. The number of rotatable bonds is 3. The molecule has 15 heavy (non-hydrogen) atoms. The lowest BCUT2D eigenvalue weighted by Gasteiger charge is -2.27. The van der Waals surface area contributed by atoms with Crippen molar-refractivity contribution in [3.63, 3.8) is 0 Å². The fraction of sp³-hybridized carbons (Fsp3) is 0.909. The van der Waals surface area contributed by atoms with Crippen molar-refractivity contribution in [3.05, 3.63) is 0 Å². The summed E-state index contributed by atoms with van der Waals surface area (Å²) in [4.78, 5) is 11.4. The number of nitrogens with one attached hydrogen (secondary N) is 3. The van der Waals surface area contributed by atoms with Gasteiger partial charge in [0.05, 0.1) is 0 Å². The number of hydrogen-bond acceptors (Lipinski definition) is 2. The van der Waals surface area contributed by atoms with Crippen LogP contribution in [0.5, 0.6) is 0 Å². The van der Waals surface area contributed by atoms with E-state index in [1.807, 2.05) is 0 Å². The van der Waals surface area contributed by atoms with Gasteiger partial charge in [-0.2, -0.15) is 0 Å². The number of urea groups is 1. The fourth-order valence-corrected chi connectivity index (χ4v) is 1.93. The maximum atomic E-state index is 11.4. The predicted octanol–water partition coefficient (Wildman–Crippen LogP) is 0.836. The van der Waals surface area contributed by atoms with Crippen LogP contribution in [0.15, 0.2) is 0 Å². The molecule has 1 saturated carbocycles. The van der Waals surface area contributed by atoms with Crippen molar-refractivity contribution in [2.24, 2.45) is 5.92 Å². The number of piperidine rings is 1. The maximum Gasteiger partial charge on any atom is 0.315 e. The average molecular weight is 211 g/mol. The monoisotopic (exact) mass is 211 g/mol. The Labute approximate surface area is 91.2 Å². The van der Waals surface area contributed by atoms with E-state index in [1.165, 1.54) is 12.8 Å². The maximum absolute atomic E-state index is 11.4. The topological polar surface area (TPSA) is 53.2 Å². The van der Waals surface area contributed by atoms with Crippen LogP contribution in [0.25, 0.3) is 0 Å². The van der Waals surface area contributed by atoms with E-state index in [1.54, 1.807) is 0 Å². The van der Waals surface area contributed by atoms with E-state index in [-0.39, 0.29) is 6.03 Å². The summed E-state index contributed by atoms with van der Waals surface area (Å²) in [5.41, 5.74) is 0. The minimum Gasteiger partial charge on any atom is -0.338 e. The minimum absolute atomic E-state index is 0.0103. The molecule has 0 aromatic heterocycles. The van der Waals surface area contributed by atoms with E-state index in [9.17, 15) is 4.79 Å². The highest BCUT2D eigenvalue weighted by atomic mass is 16.2. The second-order valence-electron chi connectivity index (χ2n) is 4.88. The molecule has 2 rings (SSSR count). The highest BCUT2D eigenvalue weighted by molar-refractivity contribution is 5.74. The molecule has 2 aliphatic rings. The molecule has 0 spiro atoms. The van der Waals surface area contributed by atoms with Crippen molar-refractivity contribution in [1.29, 1.82) is 0 Å². The van der Waals surface area contributed by atoms with Crippen molar-refractivity contribution < 1.29 is 4.79 Å². The molecule has 1 aliphatic heterocycles. The molecule has 2 amide bonds. The average Bonchev–Trinajstić information content (AvgIpc) is 3.01. The van der Waals surface area contributed by atoms with E-state index in [2.05, 4.69) is 22.9 Å². The summed E-state index contributed by atoms with van der Waals surface area (Å²) in [7, 11) is 0. The Bertz CT molecular complexity index is 220. The Balaban J connectivity index is 1.58. The van der Waals surface area contributed by atoms with Gasteiger partial charge >= 0.3 is 6.03 Å². The first-order valence-electron chi connectivity index (χ1n) is 6.02. The van der Waals surface area contributed by atoms with E-state index >= 15 is 0 Å². The molecule has 86 valence electrons. The highest BCUT2D eigenvalue weighted by Crippen LogP contribution is 2.18. The number of carbonyl (C=O) groups is 1. The lowest BCUT2D eigenvalue weighted by Crippen LogP contribution is -2.44. The summed E-state index contributed by atoms with van der Waals surface area (Å²) < 4.78 is 0. The van der Waals surface area contributed by atoms with Crippen molar-refractivity contribution in [1.82, 2.24) is 16.0 Å². The van der Waals surface area contributed by atoms with Crippen molar-refractivity contribution in [2.45, 2.75) is 44.7 Å². The number of carbonyl (C=O) groups excluding carboxylic acids is 1. The number of amides is 2. The Kier molecular flexibility index (Phi) is 3.46. The first-order chi connectivity index (χ1) is 7.24.